The minimum Gasteiger partial charge on any atom is -0.752 e. The second-order valence-corrected chi connectivity index (χ2v) is 5.39. The van der Waals surface area contributed by atoms with Gasteiger partial charge in [0.1, 0.15) is 0 Å². The molecule has 1 aromatic heterocycles. The van der Waals surface area contributed by atoms with Crippen molar-refractivity contribution < 1.29 is 35.1 Å². The number of hydrogen-bond donors (Lipinski definition) is 0. The molecule has 12 heteroatoms. The standard InChI is InChI=1S/C15H10F8N3O/c1-8-7-10(9-5-3-2-4-6-9)25-12(24-8)26(27)15(22,23)14(20,21)13(18,19)11(16)17/h2-7,11H,1H3/q-1. The minimum atomic E-state index is -6.70. The molecule has 0 N–H and O–H groups in total. The van der Waals surface area contributed by atoms with Gasteiger partial charge in [0, 0.05) is 11.3 Å². The largest absolute Gasteiger partial charge is 0.752 e. The number of aromatic nitrogens is 2. The van der Waals surface area contributed by atoms with Crippen LogP contribution in [0.5, 0.6) is 0 Å². The Morgan fingerprint density at radius 3 is 2.04 bits per heavy atom. The van der Waals surface area contributed by atoms with Gasteiger partial charge >= 0.3 is 24.3 Å². The number of halogens is 8. The Labute approximate surface area is 147 Å². The first kappa shape index (κ1) is 20.8. The van der Waals surface area contributed by atoms with Gasteiger partial charge in [-0.1, -0.05) is 30.3 Å². The summed E-state index contributed by atoms with van der Waals surface area (Å²) < 4.78 is 105. The van der Waals surface area contributed by atoms with Crippen LogP contribution in [0, 0.1) is 12.1 Å². The van der Waals surface area contributed by atoms with Crippen LogP contribution in [0.15, 0.2) is 36.4 Å². The maximum atomic E-state index is 13.8. The van der Waals surface area contributed by atoms with Crippen molar-refractivity contribution in [2.45, 2.75) is 31.2 Å². The predicted molar refractivity (Wildman–Crippen MR) is 78.9 cm³/mol. The van der Waals surface area contributed by atoms with Crippen LogP contribution in [0.4, 0.5) is 41.1 Å². The van der Waals surface area contributed by atoms with Gasteiger partial charge in [-0.15, -0.1) is 0 Å². The van der Waals surface area contributed by atoms with Gasteiger partial charge in [-0.05, 0) is 13.0 Å². The van der Waals surface area contributed by atoms with Crippen LogP contribution < -0.4 is 5.06 Å². The van der Waals surface area contributed by atoms with E-state index in [1.807, 2.05) is 0 Å². The summed E-state index contributed by atoms with van der Waals surface area (Å²) in [4.78, 5) is 6.59. The van der Waals surface area contributed by atoms with E-state index in [2.05, 4.69) is 9.97 Å². The Hall–Kier alpha value is -2.50. The Bertz CT molecular complexity index is 801. The van der Waals surface area contributed by atoms with E-state index in [0.29, 0.717) is 0 Å². The molecule has 0 atom stereocenters. The average Bonchev–Trinajstić information content (AvgIpc) is 2.60. The van der Waals surface area contributed by atoms with Gasteiger partial charge in [0.2, 0.25) is 5.95 Å². The molecule has 0 unspecified atom stereocenters. The molecule has 2 aromatic rings. The monoisotopic (exact) mass is 400 g/mol. The third-order valence-electron chi connectivity index (χ3n) is 3.42. The summed E-state index contributed by atoms with van der Waals surface area (Å²) in [6.07, 6.45) is -5.13. The smallest absolute Gasteiger partial charge is 0.397 e. The predicted octanol–water partition coefficient (Wildman–Crippen LogP) is 4.88. The second kappa shape index (κ2) is 6.91. The highest BCUT2D eigenvalue weighted by atomic mass is 19.4. The number of rotatable bonds is 6. The lowest BCUT2D eigenvalue weighted by atomic mass is 10.1. The van der Waals surface area contributed by atoms with Gasteiger partial charge < -0.3 is 10.3 Å². The van der Waals surface area contributed by atoms with Crippen molar-refractivity contribution >= 4 is 5.95 Å². The van der Waals surface area contributed by atoms with Crippen molar-refractivity contribution in [1.82, 2.24) is 9.97 Å². The molecule has 0 bridgehead atoms. The molecule has 0 spiro atoms. The highest BCUT2D eigenvalue weighted by molar-refractivity contribution is 5.61. The molecular weight excluding hydrogens is 390 g/mol. The lowest BCUT2D eigenvalue weighted by Crippen LogP contribution is -2.63. The number of aryl methyl sites for hydroxylation is 1. The van der Waals surface area contributed by atoms with E-state index in [9.17, 15) is 40.3 Å². The first-order valence-corrected chi connectivity index (χ1v) is 7.12. The van der Waals surface area contributed by atoms with Crippen LogP contribution in [0.2, 0.25) is 0 Å². The Balaban J connectivity index is 2.50. The Kier molecular flexibility index (Phi) is 5.32. The van der Waals surface area contributed by atoms with Crippen LogP contribution in [0.25, 0.3) is 11.3 Å². The second-order valence-electron chi connectivity index (χ2n) is 5.39. The van der Waals surface area contributed by atoms with Crippen LogP contribution in [-0.4, -0.2) is 34.3 Å². The van der Waals surface area contributed by atoms with Crippen molar-refractivity contribution in [2.75, 3.05) is 5.06 Å². The number of anilines is 1. The van der Waals surface area contributed by atoms with Crippen LogP contribution in [0.1, 0.15) is 5.69 Å². The molecule has 0 amide bonds. The van der Waals surface area contributed by atoms with Crippen molar-refractivity contribution in [3.63, 3.8) is 0 Å². The Morgan fingerprint density at radius 2 is 1.52 bits per heavy atom. The van der Waals surface area contributed by atoms with Gasteiger partial charge in [0.15, 0.2) is 0 Å². The van der Waals surface area contributed by atoms with Gasteiger partial charge in [-0.25, -0.2) is 18.7 Å². The van der Waals surface area contributed by atoms with Crippen molar-refractivity contribution in [1.29, 1.82) is 0 Å². The van der Waals surface area contributed by atoms with Crippen LogP contribution >= 0.6 is 0 Å². The summed E-state index contributed by atoms with van der Waals surface area (Å²) in [5.41, 5.74) is 0.0174. The summed E-state index contributed by atoms with van der Waals surface area (Å²) in [7, 11) is 0. The molecule has 0 aliphatic carbocycles. The number of benzene rings is 1. The fourth-order valence-corrected chi connectivity index (χ4v) is 1.99. The quantitative estimate of drug-likeness (QED) is 0.394. The molecule has 0 radical (unpaired) electrons. The summed E-state index contributed by atoms with van der Waals surface area (Å²) in [6, 6.07) is 2.49. The maximum Gasteiger partial charge on any atom is 0.397 e. The van der Waals surface area contributed by atoms with Gasteiger partial charge in [-0.2, -0.15) is 26.3 Å². The van der Waals surface area contributed by atoms with E-state index in [1.54, 1.807) is 6.07 Å². The Morgan fingerprint density at radius 1 is 0.963 bits per heavy atom. The van der Waals surface area contributed by atoms with Gasteiger partial charge in [-0.3, -0.25) is 0 Å². The third kappa shape index (κ3) is 3.53. The summed E-state index contributed by atoms with van der Waals surface area (Å²) in [5.74, 6) is -14.7. The molecule has 0 aliphatic heterocycles. The topological polar surface area (TPSA) is 52.1 Å². The first-order chi connectivity index (χ1) is 12.3. The fraction of sp³-hybridized carbons (Fsp3) is 0.333. The molecule has 1 aromatic carbocycles. The molecule has 0 saturated heterocycles. The highest BCUT2D eigenvalue weighted by Crippen LogP contribution is 2.50. The summed E-state index contributed by atoms with van der Waals surface area (Å²) in [6.45, 7) is 1.20. The molecule has 0 aliphatic rings. The lowest BCUT2D eigenvalue weighted by Gasteiger charge is -2.42. The SMILES string of the molecule is Cc1cc(-c2ccccc2)nc(N([O-])C(F)(F)C(F)(F)C(F)(F)C(F)F)n1. The average molecular weight is 400 g/mol. The molecule has 148 valence electrons. The van der Waals surface area contributed by atoms with E-state index in [-0.39, 0.29) is 17.0 Å². The maximum absolute atomic E-state index is 13.8. The third-order valence-corrected chi connectivity index (χ3v) is 3.42. The van der Waals surface area contributed by atoms with E-state index >= 15 is 0 Å². The van der Waals surface area contributed by atoms with Crippen LogP contribution in [0.3, 0.4) is 0 Å². The molecule has 27 heavy (non-hydrogen) atoms. The van der Waals surface area contributed by atoms with Crippen molar-refractivity contribution in [2.24, 2.45) is 0 Å². The zero-order valence-electron chi connectivity index (χ0n) is 13.3. The van der Waals surface area contributed by atoms with E-state index in [1.165, 1.54) is 37.3 Å². The van der Waals surface area contributed by atoms with E-state index in [4.69, 9.17) is 0 Å². The molecule has 0 fully saturated rings. The molecule has 1 heterocycles. The number of hydrogen-bond acceptors (Lipinski definition) is 4. The molecule has 4 nitrogen and oxygen atoms in total. The summed E-state index contributed by atoms with van der Waals surface area (Å²) in [5, 5.41) is 9.82. The zero-order valence-corrected chi connectivity index (χ0v) is 13.3. The number of nitrogens with zero attached hydrogens (tertiary/aromatic N) is 3. The van der Waals surface area contributed by atoms with Crippen molar-refractivity contribution in [3.05, 3.63) is 47.3 Å². The summed E-state index contributed by atoms with van der Waals surface area (Å²) >= 11 is 0. The van der Waals surface area contributed by atoms with Gasteiger partial charge in [0.25, 0.3) is 0 Å². The van der Waals surface area contributed by atoms with E-state index < -0.39 is 35.3 Å². The van der Waals surface area contributed by atoms with E-state index in [0.717, 1.165) is 0 Å². The number of hydroxylamine groups is 1. The fourth-order valence-electron chi connectivity index (χ4n) is 1.99. The van der Waals surface area contributed by atoms with Gasteiger partial charge in [0.05, 0.1) is 5.69 Å². The van der Waals surface area contributed by atoms with Crippen molar-refractivity contribution in [3.8, 4) is 11.3 Å². The number of alkyl halides is 8. The molecule has 2 rings (SSSR count). The zero-order chi connectivity index (χ0) is 20.6. The molecule has 0 saturated carbocycles. The molecular formula is C15H10F8N3O-. The van der Waals surface area contributed by atoms with Crippen LogP contribution in [-0.2, 0) is 0 Å². The normalized spacial score (nSPS) is 13.1. The lowest BCUT2D eigenvalue weighted by molar-refractivity contribution is -0.336. The highest BCUT2D eigenvalue weighted by Gasteiger charge is 2.76. The minimum absolute atomic E-state index is 0.126. The first-order valence-electron chi connectivity index (χ1n) is 7.12.